The third-order valence-electron chi connectivity index (χ3n) is 6.68. The molecule has 0 unspecified atom stereocenters. The standard InChI is InChI=1S/C26H28N6O/c1-32(2)22-9-5-18(6-10-22)17-3-7-21(8-4-17)30-25-24-19(11-12-29-26(24)33)13-23(31-25)20-14-27-16-28-15-20/h3-4,7-8,11-16,18,22H,5-6,9-10H2,1-2H3,(H,29,33)(H,30,31)/t18-,22-. The summed E-state index contributed by atoms with van der Waals surface area (Å²) >= 11 is 0. The molecule has 7 nitrogen and oxygen atoms in total. The van der Waals surface area contributed by atoms with Gasteiger partial charge in [0.1, 0.15) is 12.1 Å². The van der Waals surface area contributed by atoms with Gasteiger partial charge in [0.05, 0.1) is 11.1 Å². The van der Waals surface area contributed by atoms with Gasteiger partial charge in [-0.2, -0.15) is 0 Å². The van der Waals surface area contributed by atoms with Crippen molar-refractivity contribution in [3.05, 3.63) is 77.2 Å². The summed E-state index contributed by atoms with van der Waals surface area (Å²) in [6.07, 6.45) is 11.5. The predicted molar refractivity (Wildman–Crippen MR) is 132 cm³/mol. The van der Waals surface area contributed by atoms with Crippen molar-refractivity contribution >= 4 is 22.3 Å². The van der Waals surface area contributed by atoms with Gasteiger partial charge in [-0.25, -0.2) is 15.0 Å². The summed E-state index contributed by atoms with van der Waals surface area (Å²) in [4.78, 5) is 30.7. The fourth-order valence-corrected chi connectivity index (χ4v) is 4.78. The Morgan fingerprint density at radius 2 is 1.73 bits per heavy atom. The van der Waals surface area contributed by atoms with E-state index in [1.807, 2.05) is 12.1 Å². The average Bonchev–Trinajstić information content (AvgIpc) is 2.85. The molecule has 0 bridgehead atoms. The number of nitrogens with zero attached hydrogens (tertiary/aromatic N) is 4. The normalized spacial score (nSPS) is 18.5. The summed E-state index contributed by atoms with van der Waals surface area (Å²) in [6.45, 7) is 0. The topological polar surface area (TPSA) is 86.8 Å². The van der Waals surface area contributed by atoms with Crippen molar-refractivity contribution in [1.29, 1.82) is 0 Å². The minimum absolute atomic E-state index is 0.173. The molecule has 1 fully saturated rings. The molecule has 2 N–H and O–H groups in total. The van der Waals surface area contributed by atoms with E-state index in [9.17, 15) is 4.79 Å². The van der Waals surface area contributed by atoms with Crippen LogP contribution < -0.4 is 10.9 Å². The Labute approximate surface area is 192 Å². The van der Waals surface area contributed by atoms with Crippen LogP contribution in [-0.2, 0) is 0 Å². The van der Waals surface area contributed by atoms with Gasteiger partial charge < -0.3 is 15.2 Å². The number of rotatable bonds is 5. The van der Waals surface area contributed by atoms with Crippen molar-refractivity contribution < 1.29 is 0 Å². The fourth-order valence-electron chi connectivity index (χ4n) is 4.78. The monoisotopic (exact) mass is 440 g/mol. The van der Waals surface area contributed by atoms with Crippen LogP contribution in [-0.4, -0.2) is 45.0 Å². The van der Waals surface area contributed by atoms with E-state index in [1.54, 1.807) is 18.6 Å². The number of aromatic nitrogens is 4. The van der Waals surface area contributed by atoms with Gasteiger partial charge in [0.15, 0.2) is 0 Å². The van der Waals surface area contributed by atoms with Crippen molar-refractivity contribution in [3.63, 3.8) is 0 Å². The van der Waals surface area contributed by atoms with Crippen LogP contribution in [0.25, 0.3) is 22.0 Å². The minimum Gasteiger partial charge on any atom is -0.340 e. The lowest BCUT2D eigenvalue weighted by molar-refractivity contribution is 0.216. The van der Waals surface area contributed by atoms with Crippen molar-refractivity contribution in [3.8, 4) is 11.3 Å². The Balaban J connectivity index is 1.42. The summed E-state index contributed by atoms with van der Waals surface area (Å²) < 4.78 is 0. The van der Waals surface area contributed by atoms with E-state index in [1.165, 1.54) is 37.6 Å². The molecule has 3 aromatic heterocycles. The molecule has 1 saturated carbocycles. The van der Waals surface area contributed by atoms with Crippen LogP contribution in [0.2, 0.25) is 0 Å². The van der Waals surface area contributed by atoms with Crippen molar-refractivity contribution in [2.24, 2.45) is 0 Å². The first-order valence-electron chi connectivity index (χ1n) is 11.4. The first kappa shape index (κ1) is 21.3. The average molecular weight is 441 g/mol. The zero-order valence-electron chi connectivity index (χ0n) is 19.0. The highest BCUT2D eigenvalue weighted by Gasteiger charge is 2.23. The lowest BCUT2D eigenvalue weighted by Crippen LogP contribution is -2.31. The molecule has 3 heterocycles. The summed E-state index contributed by atoms with van der Waals surface area (Å²) in [5.74, 6) is 1.13. The lowest BCUT2D eigenvalue weighted by atomic mass is 9.81. The Morgan fingerprint density at radius 1 is 1.00 bits per heavy atom. The molecular formula is C26H28N6O. The number of nitrogens with one attached hydrogen (secondary N) is 2. The molecule has 0 spiro atoms. The van der Waals surface area contributed by atoms with Crippen LogP contribution in [0.5, 0.6) is 0 Å². The van der Waals surface area contributed by atoms with Crippen molar-refractivity contribution in [1.82, 2.24) is 24.8 Å². The fraction of sp³-hybridized carbons (Fsp3) is 0.308. The highest BCUT2D eigenvalue weighted by atomic mass is 16.1. The van der Waals surface area contributed by atoms with E-state index >= 15 is 0 Å². The number of anilines is 2. The maximum atomic E-state index is 12.6. The first-order chi connectivity index (χ1) is 16.1. The zero-order valence-corrected chi connectivity index (χ0v) is 19.0. The molecule has 0 amide bonds. The molecule has 1 aliphatic rings. The van der Waals surface area contributed by atoms with Crippen LogP contribution >= 0.6 is 0 Å². The number of hydrogen-bond donors (Lipinski definition) is 2. The second kappa shape index (κ2) is 9.11. The number of hydrogen-bond acceptors (Lipinski definition) is 6. The highest BCUT2D eigenvalue weighted by molar-refractivity contribution is 5.95. The molecular weight excluding hydrogens is 412 g/mol. The predicted octanol–water partition coefficient (Wildman–Crippen LogP) is 4.71. The number of benzene rings is 1. The summed E-state index contributed by atoms with van der Waals surface area (Å²) in [5.41, 5.74) is 3.62. The second-order valence-electron chi connectivity index (χ2n) is 8.97. The zero-order chi connectivity index (χ0) is 22.8. The Hall–Kier alpha value is -3.58. The largest absolute Gasteiger partial charge is 0.340 e. The quantitative estimate of drug-likeness (QED) is 0.467. The molecule has 7 heteroatoms. The third kappa shape index (κ3) is 4.50. The van der Waals surface area contributed by atoms with E-state index in [4.69, 9.17) is 4.98 Å². The van der Waals surface area contributed by atoms with E-state index in [2.05, 4.69) is 63.5 Å². The summed E-state index contributed by atoms with van der Waals surface area (Å²) in [5, 5.41) is 4.71. The van der Waals surface area contributed by atoms with Crippen LogP contribution in [0, 0.1) is 0 Å². The molecule has 4 aromatic rings. The molecule has 0 aliphatic heterocycles. The van der Waals surface area contributed by atoms with Gasteiger partial charge in [0, 0.05) is 35.9 Å². The number of aromatic amines is 1. The van der Waals surface area contributed by atoms with E-state index in [0.717, 1.165) is 16.6 Å². The van der Waals surface area contributed by atoms with E-state index < -0.39 is 0 Å². The van der Waals surface area contributed by atoms with Gasteiger partial charge in [-0.05, 0) is 80.9 Å². The Bertz CT molecular complexity index is 1290. The lowest BCUT2D eigenvalue weighted by Gasteiger charge is -2.32. The molecule has 0 saturated heterocycles. The maximum Gasteiger partial charge on any atom is 0.259 e. The SMILES string of the molecule is CN(C)[C@H]1CC[C@H](c2ccc(Nc3nc(-c4cncnc4)cc4cc[nH]c(=O)c34)cc2)CC1. The van der Waals surface area contributed by atoms with E-state index in [-0.39, 0.29) is 5.56 Å². The Morgan fingerprint density at radius 3 is 2.42 bits per heavy atom. The van der Waals surface area contributed by atoms with Gasteiger partial charge in [-0.1, -0.05) is 12.1 Å². The highest BCUT2D eigenvalue weighted by Crippen LogP contribution is 2.35. The first-order valence-corrected chi connectivity index (χ1v) is 11.4. The smallest absolute Gasteiger partial charge is 0.259 e. The molecule has 1 aromatic carbocycles. The second-order valence-corrected chi connectivity index (χ2v) is 8.97. The van der Waals surface area contributed by atoms with Crippen molar-refractivity contribution in [2.75, 3.05) is 19.4 Å². The van der Waals surface area contributed by atoms with Crippen molar-refractivity contribution in [2.45, 2.75) is 37.6 Å². The molecule has 5 rings (SSSR count). The summed E-state index contributed by atoms with van der Waals surface area (Å²) in [6, 6.07) is 13.0. The maximum absolute atomic E-state index is 12.6. The third-order valence-corrected chi connectivity index (χ3v) is 6.68. The van der Waals surface area contributed by atoms with Gasteiger partial charge in [0.25, 0.3) is 5.56 Å². The van der Waals surface area contributed by atoms with Crippen LogP contribution in [0.1, 0.15) is 37.2 Å². The molecule has 0 atom stereocenters. The van der Waals surface area contributed by atoms with Crippen LogP contribution in [0.3, 0.4) is 0 Å². The van der Waals surface area contributed by atoms with Gasteiger partial charge in [0.2, 0.25) is 0 Å². The van der Waals surface area contributed by atoms with Gasteiger partial charge in [-0.15, -0.1) is 0 Å². The number of fused-ring (bicyclic) bond motifs is 1. The van der Waals surface area contributed by atoms with Gasteiger partial charge >= 0.3 is 0 Å². The van der Waals surface area contributed by atoms with E-state index in [0.29, 0.717) is 28.9 Å². The van der Waals surface area contributed by atoms with Crippen LogP contribution in [0.15, 0.2) is 66.1 Å². The summed E-state index contributed by atoms with van der Waals surface area (Å²) in [7, 11) is 4.35. The number of H-pyrrole nitrogens is 1. The molecule has 33 heavy (non-hydrogen) atoms. The number of pyridine rings is 2. The molecule has 0 radical (unpaired) electrons. The minimum atomic E-state index is -0.173. The van der Waals surface area contributed by atoms with Crippen LogP contribution in [0.4, 0.5) is 11.5 Å². The molecule has 1 aliphatic carbocycles. The Kier molecular flexibility index (Phi) is 5.88. The molecule has 168 valence electrons. The van der Waals surface area contributed by atoms with Gasteiger partial charge in [-0.3, -0.25) is 4.79 Å².